The molecule has 3 atom stereocenters. The van der Waals surface area contributed by atoms with Gasteiger partial charge in [0, 0.05) is 12.8 Å². The second-order valence-electron chi connectivity index (χ2n) is 10.9. The standard InChI is InChI=1S/C31H49NO8/c1-8-11-13-15-27(33)39-25-18-17-23(20-26(25)40-28(34)16-14-12-9-2)19-24(32)29(35)37-21(4)22(5)38-30(36)31(6,7)10-3/h17-18,20-22,24H,8-16,19,32H2,1-7H3/t21-,22?,24-/m0/s1. The van der Waals surface area contributed by atoms with Gasteiger partial charge in [-0.25, -0.2) is 0 Å². The van der Waals surface area contributed by atoms with Gasteiger partial charge in [-0.15, -0.1) is 0 Å². The molecule has 226 valence electrons. The molecule has 0 aliphatic rings. The Labute approximate surface area is 239 Å². The highest BCUT2D eigenvalue weighted by Gasteiger charge is 2.31. The highest BCUT2D eigenvalue weighted by atomic mass is 16.6. The minimum Gasteiger partial charge on any atom is -0.458 e. The first-order valence-corrected chi connectivity index (χ1v) is 14.6. The van der Waals surface area contributed by atoms with Crippen molar-refractivity contribution < 1.29 is 38.1 Å². The van der Waals surface area contributed by atoms with Crippen LogP contribution in [0.5, 0.6) is 11.5 Å². The third-order valence-electron chi connectivity index (χ3n) is 6.88. The minimum absolute atomic E-state index is 0.0910. The topological polar surface area (TPSA) is 131 Å². The maximum absolute atomic E-state index is 12.7. The molecule has 0 amide bonds. The van der Waals surface area contributed by atoms with E-state index in [1.54, 1.807) is 45.9 Å². The van der Waals surface area contributed by atoms with Crippen LogP contribution in [0.25, 0.3) is 0 Å². The summed E-state index contributed by atoms with van der Waals surface area (Å²) < 4.78 is 22.0. The van der Waals surface area contributed by atoms with Crippen LogP contribution in [-0.4, -0.2) is 42.1 Å². The molecule has 0 bridgehead atoms. The fourth-order valence-electron chi connectivity index (χ4n) is 3.50. The van der Waals surface area contributed by atoms with E-state index in [1.165, 1.54) is 0 Å². The zero-order valence-corrected chi connectivity index (χ0v) is 25.4. The van der Waals surface area contributed by atoms with E-state index in [0.29, 0.717) is 24.8 Å². The predicted molar refractivity (Wildman–Crippen MR) is 153 cm³/mol. The van der Waals surface area contributed by atoms with Crippen molar-refractivity contribution in [2.75, 3.05) is 0 Å². The van der Waals surface area contributed by atoms with Gasteiger partial charge >= 0.3 is 23.9 Å². The molecule has 0 aliphatic heterocycles. The van der Waals surface area contributed by atoms with Crippen molar-refractivity contribution in [1.82, 2.24) is 0 Å². The van der Waals surface area contributed by atoms with Crippen LogP contribution < -0.4 is 15.2 Å². The largest absolute Gasteiger partial charge is 0.458 e. The Kier molecular flexibility index (Phi) is 15.5. The average Bonchev–Trinajstić information content (AvgIpc) is 2.90. The van der Waals surface area contributed by atoms with Crippen molar-refractivity contribution in [3.8, 4) is 11.5 Å². The molecule has 0 fully saturated rings. The summed E-state index contributed by atoms with van der Waals surface area (Å²) in [5, 5.41) is 0. The van der Waals surface area contributed by atoms with Gasteiger partial charge in [0.25, 0.3) is 0 Å². The Morgan fingerprint density at radius 3 is 1.85 bits per heavy atom. The summed E-state index contributed by atoms with van der Waals surface area (Å²) in [5.74, 6) is -1.61. The number of esters is 4. The summed E-state index contributed by atoms with van der Waals surface area (Å²) in [6.45, 7) is 12.9. The second-order valence-corrected chi connectivity index (χ2v) is 10.9. The zero-order chi connectivity index (χ0) is 30.3. The molecule has 0 radical (unpaired) electrons. The molecule has 0 spiro atoms. The third-order valence-corrected chi connectivity index (χ3v) is 6.88. The number of unbranched alkanes of at least 4 members (excludes halogenated alkanes) is 4. The summed E-state index contributed by atoms with van der Waals surface area (Å²) in [6, 6.07) is 3.74. The monoisotopic (exact) mass is 563 g/mol. The van der Waals surface area contributed by atoms with Crippen LogP contribution >= 0.6 is 0 Å². The highest BCUT2D eigenvalue weighted by molar-refractivity contribution is 5.78. The van der Waals surface area contributed by atoms with Crippen molar-refractivity contribution in [2.24, 2.45) is 11.1 Å². The third kappa shape index (κ3) is 12.5. The summed E-state index contributed by atoms with van der Waals surface area (Å²) in [5.41, 5.74) is 6.10. The predicted octanol–water partition coefficient (Wildman–Crippen LogP) is 5.83. The molecule has 0 aliphatic carbocycles. The maximum Gasteiger partial charge on any atom is 0.323 e. The molecular weight excluding hydrogens is 514 g/mol. The van der Waals surface area contributed by atoms with E-state index in [-0.39, 0.29) is 36.7 Å². The molecule has 1 unspecified atom stereocenters. The first-order chi connectivity index (χ1) is 18.8. The second kappa shape index (κ2) is 17.7. The van der Waals surface area contributed by atoms with Crippen LogP contribution in [0.3, 0.4) is 0 Å². The molecule has 9 heteroatoms. The van der Waals surface area contributed by atoms with Crippen LogP contribution in [0.15, 0.2) is 18.2 Å². The van der Waals surface area contributed by atoms with E-state index in [1.807, 2.05) is 20.8 Å². The molecule has 9 nitrogen and oxygen atoms in total. The number of hydrogen-bond acceptors (Lipinski definition) is 9. The Hall–Kier alpha value is -2.94. The Morgan fingerprint density at radius 2 is 1.32 bits per heavy atom. The van der Waals surface area contributed by atoms with E-state index in [9.17, 15) is 19.2 Å². The van der Waals surface area contributed by atoms with Crippen molar-refractivity contribution in [3.63, 3.8) is 0 Å². The number of nitrogens with two attached hydrogens (primary N) is 1. The minimum atomic E-state index is -1.02. The molecule has 2 N–H and O–H groups in total. The number of benzene rings is 1. The zero-order valence-electron chi connectivity index (χ0n) is 25.4. The lowest BCUT2D eigenvalue weighted by Crippen LogP contribution is -2.40. The van der Waals surface area contributed by atoms with E-state index in [0.717, 1.165) is 25.7 Å². The van der Waals surface area contributed by atoms with Crippen LogP contribution in [0, 0.1) is 5.41 Å². The molecule has 0 saturated heterocycles. The van der Waals surface area contributed by atoms with Crippen molar-refractivity contribution in [3.05, 3.63) is 23.8 Å². The Bertz CT molecular complexity index is 974. The first-order valence-electron chi connectivity index (χ1n) is 14.6. The molecular formula is C31H49NO8. The summed E-state index contributed by atoms with van der Waals surface area (Å²) in [7, 11) is 0. The highest BCUT2D eigenvalue weighted by Crippen LogP contribution is 2.30. The Balaban J connectivity index is 2.91. The van der Waals surface area contributed by atoms with Gasteiger partial charge < -0.3 is 24.7 Å². The lowest BCUT2D eigenvalue weighted by molar-refractivity contribution is -0.172. The number of carbonyl (C=O) groups is 4. The molecule has 0 heterocycles. The fraction of sp³-hybridized carbons (Fsp3) is 0.677. The van der Waals surface area contributed by atoms with E-state index < -0.39 is 41.6 Å². The lowest BCUT2D eigenvalue weighted by Gasteiger charge is -2.27. The van der Waals surface area contributed by atoms with Gasteiger partial charge in [0.05, 0.1) is 5.41 Å². The van der Waals surface area contributed by atoms with Crippen LogP contribution in [0.4, 0.5) is 0 Å². The van der Waals surface area contributed by atoms with Gasteiger partial charge in [-0.05, 0) is 71.1 Å². The molecule has 40 heavy (non-hydrogen) atoms. The lowest BCUT2D eigenvalue weighted by atomic mass is 9.90. The summed E-state index contributed by atoms with van der Waals surface area (Å²) >= 11 is 0. The summed E-state index contributed by atoms with van der Waals surface area (Å²) in [6.07, 6.45) is 5.02. The normalized spacial score (nSPS) is 13.6. The SMILES string of the molecule is CCCCCC(=O)Oc1ccc(C[C@H](N)C(=O)O[C@@H](C)C(C)OC(=O)C(C)(C)CC)cc1OC(=O)CCCCC. The number of rotatable bonds is 18. The number of ether oxygens (including phenoxy) is 4. The smallest absolute Gasteiger partial charge is 0.323 e. The molecule has 1 rings (SSSR count). The fourth-order valence-corrected chi connectivity index (χ4v) is 3.50. The van der Waals surface area contributed by atoms with Crippen molar-refractivity contribution >= 4 is 23.9 Å². The van der Waals surface area contributed by atoms with Crippen LogP contribution in [0.1, 0.15) is 112 Å². The quantitative estimate of drug-likeness (QED) is 0.133. The van der Waals surface area contributed by atoms with E-state index in [4.69, 9.17) is 24.7 Å². The number of carbonyl (C=O) groups excluding carboxylic acids is 4. The molecule has 1 aromatic rings. The summed E-state index contributed by atoms with van der Waals surface area (Å²) in [4.78, 5) is 49.8. The van der Waals surface area contributed by atoms with Crippen LogP contribution in [-0.2, 0) is 35.1 Å². The van der Waals surface area contributed by atoms with Gasteiger partial charge in [-0.2, -0.15) is 0 Å². The maximum atomic E-state index is 12.7. The number of hydrogen-bond donors (Lipinski definition) is 1. The molecule has 0 aromatic heterocycles. The van der Waals surface area contributed by atoms with Gasteiger partial charge in [-0.3, -0.25) is 19.2 Å². The average molecular weight is 564 g/mol. The van der Waals surface area contributed by atoms with Gasteiger partial charge in [0.1, 0.15) is 18.2 Å². The van der Waals surface area contributed by atoms with Crippen molar-refractivity contribution in [1.29, 1.82) is 0 Å². The first kappa shape index (κ1) is 35.1. The van der Waals surface area contributed by atoms with E-state index >= 15 is 0 Å². The van der Waals surface area contributed by atoms with Gasteiger partial charge in [0.2, 0.25) is 0 Å². The molecule has 1 aromatic carbocycles. The van der Waals surface area contributed by atoms with Gasteiger partial charge in [-0.1, -0.05) is 52.5 Å². The van der Waals surface area contributed by atoms with Crippen molar-refractivity contribution in [2.45, 2.75) is 131 Å². The van der Waals surface area contributed by atoms with E-state index in [2.05, 4.69) is 0 Å². The Morgan fingerprint density at radius 1 is 0.800 bits per heavy atom. The van der Waals surface area contributed by atoms with Crippen LogP contribution in [0.2, 0.25) is 0 Å². The van der Waals surface area contributed by atoms with Gasteiger partial charge in [0.15, 0.2) is 11.5 Å². The molecule has 0 saturated carbocycles.